The molecule has 52 heavy (non-hydrogen) atoms. The predicted molar refractivity (Wildman–Crippen MR) is 207 cm³/mol. The van der Waals surface area contributed by atoms with Crippen molar-refractivity contribution in [2.75, 3.05) is 47.5 Å². The van der Waals surface area contributed by atoms with E-state index in [0.717, 1.165) is 64.2 Å². The standard InChI is InChI=1S/C40H78N3O8P/c1-6-8-10-11-12-13-14-15-16-17-18-19-20-23-26-29-38(44)48-35-37(36-50-52(46,47)49-34-33-43(3,4)5)51-39(45)30-27-24-21-22-25-28-32-40(41-42-40)31-9-7-2/h37H,6-36H2,1-5H3. The summed E-state index contributed by atoms with van der Waals surface area (Å²) in [7, 11) is 1.15. The van der Waals surface area contributed by atoms with Crippen molar-refractivity contribution in [3.8, 4) is 0 Å². The number of rotatable bonds is 38. The number of ether oxygens (including phenoxy) is 2. The molecule has 2 atom stereocenters. The van der Waals surface area contributed by atoms with Crippen molar-refractivity contribution in [1.82, 2.24) is 0 Å². The van der Waals surface area contributed by atoms with Crippen molar-refractivity contribution in [3.05, 3.63) is 0 Å². The van der Waals surface area contributed by atoms with E-state index < -0.39 is 26.5 Å². The fourth-order valence-electron chi connectivity index (χ4n) is 6.14. The highest BCUT2D eigenvalue weighted by Gasteiger charge is 2.38. The molecule has 306 valence electrons. The van der Waals surface area contributed by atoms with Crippen molar-refractivity contribution in [2.24, 2.45) is 10.2 Å². The first-order valence-electron chi connectivity index (χ1n) is 21.1. The zero-order valence-corrected chi connectivity index (χ0v) is 34.9. The van der Waals surface area contributed by atoms with Gasteiger partial charge in [0, 0.05) is 12.8 Å². The average molecular weight is 760 g/mol. The minimum absolute atomic E-state index is 0.0344. The molecule has 0 aromatic rings. The van der Waals surface area contributed by atoms with Crippen molar-refractivity contribution in [2.45, 2.75) is 199 Å². The predicted octanol–water partition coefficient (Wildman–Crippen LogP) is 10.4. The fourth-order valence-corrected chi connectivity index (χ4v) is 6.87. The van der Waals surface area contributed by atoms with Crippen molar-refractivity contribution in [1.29, 1.82) is 0 Å². The van der Waals surface area contributed by atoms with E-state index in [4.69, 9.17) is 18.5 Å². The van der Waals surface area contributed by atoms with Gasteiger partial charge >= 0.3 is 11.9 Å². The first-order valence-corrected chi connectivity index (χ1v) is 22.6. The van der Waals surface area contributed by atoms with Gasteiger partial charge in [-0.25, -0.2) is 0 Å². The second-order valence-corrected chi connectivity index (χ2v) is 17.4. The van der Waals surface area contributed by atoms with Gasteiger partial charge in [-0.3, -0.25) is 14.2 Å². The summed E-state index contributed by atoms with van der Waals surface area (Å²) in [6.45, 7) is 4.15. The molecule has 1 aliphatic rings. The molecule has 0 saturated heterocycles. The van der Waals surface area contributed by atoms with Gasteiger partial charge in [0.05, 0.1) is 27.7 Å². The monoisotopic (exact) mass is 760 g/mol. The van der Waals surface area contributed by atoms with Crippen LogP contribution in [0.3, 0.4) is 0 Å². The molecule has 12 heteroatoms. The van der Waals surface area contributed by atoms with E-state index in [9.17, 15) is 19.0 Å². The maximum Gasteiger partial charge on any atom is 0.306 e. The molecule has 1 rings (SSSR count). The first-order chi connectivity index (χ1) is 24.9. The molecule has 0 bridgehead atoms. The van der Waals surface area contributed by atoms with Crippen LogP contribution < -0.4 is 4.89 Å². The summed E-state index contributed by atoms with van der Waals surface area (Å²) in [5, 5.41) is 8.54. The third kappa shape index (κ3) is 30.0. The summed E-state index contributed by atoms with van der Waals surface area (Å²) >= 11 is 0. The summed E-state index contributed by atoms with van der Waals surface area (Å²) in [6.07, 6.45) is 28.5. The van der Waals surface area contributed by atoms with Crippen LogP contribution in [0.1, 0.15) is 187 Å². The molecule has 0 saturated carbocycles. The van der Waals surface area contributed by atoms with Crippen LogP contribution in [0, 0.1) is 0 Å². The third-order valence-electron chi connectivity index (χ3n) is 9.66. The molecular weight excluding hydrogens is 681 g/mol. The van der Waals surface area contributed by atoms with Gasteiger partial charge in [0.1, 0.15) is 19.8 Å². The zero-order valence-electron chi connectivity index (χ0n) is 34.1. The van der Waals surface area contributed by atoms with Gasteiger partial charge in [-0.1, -0.05) is 136 Å². The van der Waals surface area contributed by atoms with E-state index in [2.05, 4.69) is 24.1 Å². The lowest BCUT2D eigenvalue weighted by Crippen LogP contribution is -2.37. The number of phosphoric acid groups is 1. The number of quaternary nitrogens is 1. The molecule has 0 fully saturated rings. The summed E-state index contributed by atoms with van der Waals surface area (Å²) in [5.74, 6) is -0.853. The number of likely N-dealkylation sites (N-methyl/N-ethyl adjacent to an activating group) is 1. The summed E-state index contributed by atoms with van der Waals surface area (Å²) in [5.41, 5.74) is -0.0855. The lowest BCUT2D eigenvalue weighted by atomic mass is 9.98. The second-order valence-electron chi connectivity index (χ2n) is 16.0. The molecule has 11 nitrogen and oxygen atoms in total. The zero-order chi connectivity index (χ0) is 38.4. The summed E-state index contributed by atoms with van der Waals surface area (Å²) < 4.78 is 33.8. The summed E-state index contributed by atoms with van der Waals surface area (Å²) in [6, 6.07) is 0. The SMILES string of the molecule is CCCCCCCCCCCCCCCCCC(=O)OCC(COP(=O)([O-])OCC[N+](C)(C)C)OC(=O)CCCCCCCCC1(CCCC)N=N1. The molecule has 0 radical (unpaired) electrons. The van der Waals surface area contributed by atoms with Crippen LogP contribution in [-0.4, -0.2) is 75.7 Å². The number of hydrogen-bond acceptors (Lipinski definition) is 10. The average Bonchev–Trinajstić information content (AvgIpc) is 3.87. The molecule has 1 heterocycles. The van der Waals surface area contributed by atoms with Crippen LogP contribution in [-0.2, 0) is 32.7 Å². The Balaban J connectivity index is 2.29. The van der Waals surface area contributed by atoms with E-state index in [1.807, 2.05) is 21.1 Å². The van der Waals surface area contributed by atoms with Crippen LogP contribution in [0.15, 0.2) is 10.2 Å². The first kappa shape index (κ1) is 48.6. The van der Waals surface area contributed by atoms with Crippen molar-refractivity contribution in [3.63, 3.8) is 0 Å². The van der Waals surface area contributed by atoms with E-state index in [1.54, 1.807) is 0 Å². The third-order valence-corrected chi connectivity index (χ3v) is 10.6. The molecule has 2 unspecified atom stereocenters. The minimum atomic E-state index is -4.63. The largest absolute Gasteiger partial charge is 0.756 e. The number of nitrogens with zero attached hydrogens (tertiary/aromatic N) is 3. The van der Waals surface area contributed by atoms with E-state index >= 15 is 0 Å². The molecule has 0 aliphatic carbocycles. The summed E-state index contributed by atoms with van der Waals surface area (Å²) in [4.78, 5) is 37.5. The Morgan fingerprint density at radius 2 is 1.06 bits per heavy atom. The van der Waals surface area contributed by atoms with Gasteiger partial charge in [0.15, 0.2) is 11.8 Å². The number of unbranched alkanes of at least 4 members (excludes halogenated alkanes) is 20. The molecule has 0 amide bonds. The Bertz CT molecular complexity index is 984. The Morgan fingerprint density at radius 1 is 0.615 bits per heavy atom. The smallest absolute Gasteiger partial charge is 0.306 e. The van der Waals surface area contributed by atoms with E-state index in [1.165, 1.54) is 89.9 Å². The van der Waals surface area contributed by atoms with E-state index in [-0.39, 0.29) is 37.7 Å². The minimum Gasteiger partial charge on any atom is -0.756 e. The van der Waals surface area contributed by atoms with Gasteiger partial charge in [-0.2, -0.15) is 10.2 Å². The number of carbonyl (C=O) groups excluding carboxylic acids is 2. The Labute approximate surface area is 318 Å². The van der Waals surface area contributed by atoms with Gasteiger partial charge in [0.2, 0.25) is 0 Å². The molecule has 0 aromatic heterocycles. The van der Waals surface area contributed by atoms with Gasteiger partial charge in [0.25, 0.3) is 7.82 Å². The van der Waals surface area contributed by atoms with E-state index in [0.29, 0.717) is 17.4 Å². The number of carbonyl (C=O) groups is 2. The van der Waals surface area contributed by atoms with Crippen LogP contribution in [0.25, 0.3) is 0 Å². The van der Waals surface area contributed by atoms with Crippen LogP contribution >= 0.6 is 7.82 Å². The lowest BCUT2D eigenvalue weighted by Gasteiger charge is -2.28. The molecule has 0 spiro atoms. The van der Waals surface area contributed by atoms with Crippen LogP contribution in [0.5, 0.6) is 0 Å². The topological polar surface area (TPSA) is 136 Å². The van der Waals surface area contributed by atoms with Crippen molar-refractivity contribution >= 4 is 19.8 Å². The van der Waals surface area contributed by atoms with Gasteiger partial charge < -0.3 is 27.9 Å². The number of phosphoric ester groups is 1. The Kier molecular flexibility index (Phi) is 28.0. The molecule has 0 aromatic carbocycles. The van der Waals surface area contributed by atoms with Gasteiger partial charge in [-0.05, 0) is 38.5 Å². The molecule has 0 N–H and O–H groups in total. The normalized spacial score (nSPS) is 15.3. The highest BCUT2D eigenvalue weighted by Crippen LogP contribution is 2.39. The highest BCUT2D eigenvalue weighted by atomic mass is 31.2. The molecular formula is C40H78N3O8P. The fraction of sp³-hybridized carbons (Fsp3) is 0.950. The van der Waals surface area contributed by atoms with Gasteiger partial charge in [-0.15, -0.1) is 0 Å². The lowest BCUT2D eigenvalue weighted by molar-refractivity contribution is -0.870. The Hall–Kier alpha value is -1.39. The number of esters is 2. The second kappa shape index (κ2) is 29.9. The van der Waals surface area contributed by atoms with Crippen LogP contribution in [0.4, 0.5) is 0 Å². The highest BCUT2D eigenvalue weighted by molar-refractivity contribution is 7.45. The quantitative estimate of drug-likeness (QED) is 0.0263. The maximum absolute atomic E-state index is 12.7. The van der Waals surface area contributed by atoms with Crippen LogP contribution in [0.2, 0.25) is 0 Å². The van der Waals surface area contributed by atoms with Crippen molar-refractivity contribution < 1.29 is 42.1 Å². The molecule has 1 aliphatic heterocycles. The number of hydrogen-bond donors (Lipinski definition) is 0. The maximum atomic E-state index is 12.7. The Morgan fingerprint density at radius 3 is 1.54 bits per heavy atom.